The number of hydrogen-bond donors (Lipinski definition) is 1. The summed E-state index contributed by atoms with van der Waals surface area (Å²) in [6.07, 6.45) is 3.84. The summed E-state index contributed by atoms with van der Waals surface area (Å²) >= 11 is 0. The minimum Gasteiger partial charge on any atom is -0.392 e. The van der Waals surface area contributed by atoms with Crippen LogP contribution in [-0.2, 0) is 4.79 Å². The van der Waals surface area contributed by atoms with Crippen molar-refractivity contribution in [1.82, 2.24) is 4.90 Å². The molecule has 0 aromatic rings. The third kappa shape index (κ3) is 2.15. The predicted molar refractivity (Wildman–Crippen MR) is 54.0 cm³/mol. The molecule has 0 aromatic heterocycles. The Morgan fingerprint density at radius 2 is 2.14 bits per heavy atom. The molecule has 0 spiro atoms. The third-order valence-electron chi connectivity index (χ3n) is 3.47. The van der Waals surface area contributed by atoms with E-state index in [1.54, 1.807) is 0 Å². The van der Waals surface area contributed by atoms with E-state index in [1.165, 1.54) is 0 Å². The van der Waals surface area contributed by atoms with E-state index in [-0.39, 0.29) is 12.1 Å². The fraction of sp³-hybridized carbons (Fsp3) is 0.909. The van der Waals surface area contributed by atoms with Gasteiger partial charge in [0.25, 0.3) is 0 Å². The van der Waals surface area contributed by atoms with Gasteiger partial charge in [0.2, 0.25) is 0 Å². The highest BCUT2D eigenvalue weighted by Gasteiger charge is 2.33. The van der Waals surface area contributed by atoms with E-state index < -0.39 is 0 Å². The molecule has 0 radical (unpaired) electrons. The topological polar surface area (TPSA) is 40.5 Å². The first-order valence-electron chi connectivity index (χ1n) is 5.63. The van der Waals surface area contributed by atoms with E-state index in [9.17, 15) is 9.90 Å². The fourth-order valence-electron chi connectivity index (χ4n) is 2.15. The van der Waals surface area contributed by atoms with Crippen molar-refractivity contribution in [2.24, 2.45) is 5.92 Å². The number of hydrogen-bond acceptors (Lipinski definition) is 3. The molecule has 1 saturated heterocycles. The van der Waals surface area contributed by atoms with Gasteiger partial charge in [0.1, 0.15) is 5.78 Å². The molecule has 2 fully saturated rings. The number of carbonyl (C=O) groups excluding carboxylic acids is 1. The summed E-state index contributed by atoms with van der Waals surface area (Å²) in [5, 5.41) is 9.66. The maximum absolute atomic E-state index is 11.6. The highest BCUT2D eigenvalue weighted by Crippen LogP contribution is 2.30. The second-order valence-corrected chi connectivity index (χ2v) is 4.66. The average Bonchev–Trinajstić information content (AvgIpc) is 2.95. The lowest BCUT2D eigenvalue weighted by Crippen LogP contribution is -2.48. The lowest BCUT2D eigenvalue weighted by Gasteiger charge is -2.36. The summed E-state index contributed by atoms with van der Waals surface area (Å²) in [4.78, 5) is 13.7. The van der Waals surface area contributed by atoms with Crippen molar-refractivity contribution < 1.29 is 9.90 Å². The fourth-order valence-corrected chi connectivity index (χ4v) is 2.15. The normalized spacial score (nSPS) is 34.4. The van der Waals surface area contributed by atoms with Crippen molar-refractivity contribution in [1.29, 1.82) is 0 Å². The number of carbonyl (C=O) groups is 1. The number of piperidine rings is 1. The van der Waals surface area contributed by atoms with Gasteiger partial charge in [0.05, 0.1) is 12.6 Å². The Bertz CT molecular complexity index is 225. The highest BCUT2D eigenvalue weighted by atomic mass is 16.3. The molecule has 1 saturated carbocycles. The van der Waals surface area contributed by atoms with Gasteiger partial charge in [-0.05, 0) is 39.2 Å². The van der Waals surface area contributed by atoms with Crippen molar-refractivity contribution in [3.05, 3.63) is 0 Å². The van der Waals surface area contributed by atoms with Crippen LogP contribution in [0.4, 0.5) is 0 Å². The number of Topliss-reactive ketones (excluding diaryl/α,β-unsaturated/α-hetero) is 1. The molecular weight excluding hydrogens is 178 g/mol. The summed E-state index contributed by atoms with van der Waals surface area (Å²) < 4.78 is 0. The predicted octanol–water partition coefficient (Wildman–Crippen LogP) is 0.811. The number of likely N-dealkylation sites (tertiary alicyclic amines) is 1. The zero-order valence-corrected chi connectivity index (χ0v) is 8.78. The van der Waals surface area contributed by atoms with Crippen molar-refractivity contribution in [3.8, 4) is 0 Å². The first kappa shape index (κ1) is 10.1. The number of nitrogens with zero attached hydrogens (tertiary/aromatic N) is 1. The van der Waals surface area contributed by atoms with Crippen molar-refractivity contribution >= 4 is 5.78 Å². The quantitative estimate of drug-likeness (QED) is 0.728. The van der Waals surface area contributed by atoms with Crippen LogP contribution >= 0.6 is 0 Å². The summed E-state index contributed by atoms with van der Waals surface area (Å²) in [5.41, 5.74) is 0. The Kier molecular flexibility index (Phi) is 2.88. The molecule has 80 valence electrons. The van der Waals surface area contributed by atoms with E-state index in [0.717, 1.165) is 32.2 Å². The second-order valence-electron chi connectivity index (χ2n) is 4.66. The number of aliphatic hydroxyl groups is 1. The summed E-state index contributed by atoms with van der Waals surface area (Å²) in [7, 11) is 0. The van der Waals surface area contributed by atoms with Crippen molar-refractivity contribution in [2.45, 2.75) is 44.8 Å². The van der Waals surface area contributed by atoms with Crippen LogP contribution in [0.15, 0.2) is 0 Å². The number of aliphatic hydroxyl groups excluding tert-OH is 1. The third-order valence-corrected chi connectivity index (χ3v) is 3.47. The molecule has 0 bridgehead atoms. The van der Waals surface area contributed by atoms with E-state index in [2.05, 4.69) is 4.90 Å². The van der Waals surface area contributed by atoms with E-state index in [0.29, 0.717) is 18.2 Å². The minimum atomic E-state index is -0.240. The van der Waals surface area contributed by atoms with Crippen LogP contribution < -0.4 is 0 Å². The molecule has 2 atom stereocenters. The number of ketones is 1. The molecule has 2 unspecified atom stereocenters. The SMILES string of the molecule is CC1C(O)CCCN1CC(=O)C1CC1. The summed E-state index contributed by atoms with van der Waals surface area (Å²) in [5.74, 6) is 0.729. The van der Waals surface area contributed by atoms with Gasteiger partial charge in [-0.25, -0.2) is 0 Å². The first-order chi connectivity index (χ1) is 6.68. The molecule has 0 amide bonds. The molecule has 3 heteroatoms. The Morgan fingerprint density at radius 1 is 1.43 bits per heavy atom. The largest absolute Gasteiger partial charge is 0.392 e. The minimum absolute atomic E-state index is 0.159. The summed E-state index contributed by atoms with van der Waals surface area (Å²) in [6, 6.07) is 0.159. The highest BCUT2D eigenvalue weighted by molar-refractivity contribution is 5.85. The Morgan fingerprint density at radius 3 is 2.79 bits per heavy atom. The van der Waals surface area contributed by atoms with Crippen LogP contribution in [0, 0.1) is 5.92 Å². The van der Waals surface area contributed by atoms with Crippen LogP contribution in [0.1, 0.15) is 32.6 Å². The molecule has 2 rings (SSSR count). The lowest BCUT2D eigenvalue weighted by atomic mass is 10.00. The van der Waals surface area contributed by atoms with Crippen LogP contribution in [0.2, 0.25) is 0 Å². The van der Waals surface area contributed by atoms with Crippen LogP contribution in [0.25, 0.3) is 0 Å². The van der Waals surface area contributed by atoms with Crippen LogP contribution in [-0.4, -0.2) is 41.0 Å². The lowest BCUT2D eigenvalue weighted by molar-refractivity contribution is -0.123. The van der Waals surface area contributed by atoms with Crippen LogP contribution in [0.5, 0.6) is 0 Å². The molecule has 2 aliphatic rings. The second kappa shape index (κ2) is 3.99. The smallest absolute Gasteiger partial charge is 0.149 e. The van der Waals surface area contributed by atoms with E-state index in [4.69, 9.17) is 0 Å². The molecule has 3 nitrogen and oxygen atoms in total. The van der Waals surface area contributed by atoms with Gasteiger partial charge in [-0.1, -0.05) is 0 Å². The van der Waals surface area contributed by atoms with Gasteiger partial charge < -0.3 is 5.11 Å². The Labute approximate surface area is 85.1 Å². The van der Waals surface area contributed by atoms with Gasteiger partial charge in [0.15, 0.2) is 0 Å². The van der Waals surface area contributed by atoms with E-state index >= 15 is 0 Å². The zero-order valence-electron chi connectivity index (χ0n) is 8.78. The van der Waals surface area contributed by atoms with Gasteiger partial charge in [-0.3, -0.25) is 9.69 Å². The molecular formula is C11H19NO2. The maximum atomic E-state index is 11.6. The molecule has 0 aromatic carbocycles. The van der Waals surface area contributed by atoms with Crippen molar-refractivity contribution in [3.63, 3.8) is 0 Å². The molecule has 14 heavy (non-hydrogen) atoms. The summed E-state index contributed by atoms with van der Waals surface area (Å²) in [6.45, 7) is 3.55. The maximum Gasteiger partial charge on any atom is 0.149 e. The molecule has 1 N–H and O–H groups in total. The number of rotatable bonds is 3. The Balaban J connectivity index is 1.85. The van der Waals surface area contributed by atoms with Gasteiger partial charge in [-0.2, -0.15) is 0 Å². The Hall–Kier alpha value is -0.410. The average molecular weight is 197 g/mol. The zero-order chi connectivity index (χ0) is 10.1. The van der Waals surface area contributed by atoms with Gasteiger partial charge in [-0.15, -0.1) is 0 Å². The molecule has 1 aliphatic heterocycles. The first-order valence-corrected chi connectivity index (χ1v) is 5.63. The van der Waals surface area contributed by atoms with Crippen LogP contribution in [0.3, 0.4) is 0 Å². The monoisotopic (exact) mass is 197 g/mol. The van der Waals surface area contributed by atoms with E-state index in [1.807, 2.05) is 6.92 Å². The van der Waals surface area contributed by atoms with Crippen molar-refractivity contribution in [2.75, 3.05) is 13.1 Å². The standard InChI is InChI=1S/C11H19NO2/c1-8-10(13)3-2-6-12(8)7-11(14)9-4-5-9/h8-10,13H,2-7H2,1H3. The molecule has 1 aliphatic carbocycles. The van der Waals surface area contributed by atoms with Gasteiger partial charge in [0, 0.05) is 12.0 Å². The molecule has 1 heterocycles. The van der Waals surface area contributed by atoms with Gasteiger partial charge >= 0.3 is 0 Å².